The highest BCUT2D eigenvalue weighted by atomic mass is 14.7. The highest BCUT2D eigenvalue weighted by molar-refractivity contribution is 5.31. The zero-order valence-corrected chi connectivity index (χ0v) is 11.4. The van der Waals surface area contributed by atoms with Gasteiger partial charge in [0.2, 0.25) is 0 Å². The number of aromatic nitrogens is 1. The number of pyridine rings is 1. The maximum absolute atomic E-state index is 9.34. The van der Waals surface area contributed by atoms with Gasteiger partial charge in [0.15, 0.2) is 0 Å². The summed E-state index contributed by atoms with van der Waals surface area (Å²) in [5.74, 6) is 0.390. The summed E-state index contributed by atoms with van der Waals surface area (Å²) in [4.78, 5) is 4.29. The minimum atomic E-state index is -0.129. The molecule has 2 heteroatoms. The minimum absolute atomic E-state index is 0.129. The number of hydrogen-bond donors (Lipinski definition) is 0. The van der Waals surface area contributed by atoms with Crippen molar-refractivity contribution in [1.29, 1.82) is 5.26 Å². The van der Waals surface area contributed by atoms with Crippen molar-refractivity contribution in [2.45, 2.75) is 32.1 Å². The van der Waals surface area contributed by atoms with Crippen molar-refractivity contribution in [1.82, 2.24) is 4.98 Å². The van der Waals surface area contributed by atoms with Crippen molar-refractivity contribution in [3.8, 4) is 6.07 Å². The van der Waals surface area contributed by atoms with Crippen LogP contribution in [0.25, 0.3) is 0 Å². The molecular weight excluding hydrogens is 232 g/mol. The van der Waals surface area contributed by atoms with Gasteiger partial charge in [0.05, 0.1) is 12.0 Å². The van der Waals surface area contributed by atoms with E-state index >= 15 is 0 Å². The van der Waals surface area contributed by atoms with Crippen molar-refractivity contribution in [3.63, 3.8) is 0 Å². The molecule has 1 atom stereocenters. The van der Waals surface area contributed by atoms with E-state index in [9.17, 15) is 5.26 Å². The molecule has 2 rings (SSSR count). The average molecular weight is 250 g/mol. The maximum atomic E-state index is 9.34. The topological polar surface area (TPSA) is 36.7 Å². The summed E-state index contributed by atoms with van der Waals surface area (Å²) in [6.45, 7) is 4.34. The molecule has 96 valence electrons. The maximum Gasteiger partial charge on any atom is 0.0768 e. The van der Waals surface area contributed by atoms with Crippen LogP contribution in [0.4, 0.5) is 0 Å². The van der Waals surface area contributed by atoms with Gasteiger partial charge in [-0.1, -0.05) is 44.2 Å². The molecular formula is C17H18N2. The molecule has 0 amide bonds. The van der Waals surface area contributed by atoms with Crippen LogP contribution in [0.3, 0.4) is 0 Å². The molecule has 2 nitrogen and oxygen atoms in total. The predicted molar refractivity (Wildman–Crippen MR) is 76.8 cm³/mol. The summed E-state index contributed by atoms with van der Waals surface area (Å²) in [6.07, 6.45) is 2.43. The van der Waals surface area contributed by atoms with Gasteiger partial charge in [-0.3, -0.25) is 4.98 Å². The van der Waals surface area contributed by atoms with Crippen LogP contribution in [0.5, 0.6) is 0 Å². The molecule has 1 unspecified atom stereocenters. The number of benzene rings is 1. The summed E-state index contributed by atoms with van der Waals surface area (Å²) >= 11 is 0. The third kappa shape index (κ3) is 3.42. The van der Waals surface area contributed by atoms with E-state index in [1.54, 1.807) is 6.20 Å². The van der Waals surface area contributed by atoms with Crippen LogP contribution >= 0.6 is 0 Å². The van der Waals surface area contributed by atoms with E-state index < -0.39 is 0 Å². The second-order valence-electron chi connectivity index (χ2n) is 5.03. The largest absolute Gasteiger partial charge is 0.261 e. The lowest BCUT2D eigenvalue weighted by Gasteiger charge is -2.11. The fourth-order valence-electron chi connectivity index (χ4n) is 2.08. The van der Waals surface area contributed by atoms with Crippen molar-refractivity contribution >= 4 is 0 Å². The van der Waals surface area contributed by atoms with Crippen LogP contribution in [0.2, 0.25) is 0 Å². The van der Waals surface area contributed by atoms with Gasteiger partial charge in [0.1, 0.15) is 0 Å². The smallest absolute Gasteiger partial charge is 0.0768 e. The van der Waals surface area contributed by atoms with E-state index in [1.807, 2.05) is 18.2 Å². The highest BCUT2D eigenvalue weighted by Gasteiger charge is 2.12. The number of hydrogen-bond acceptors (Lipinski definition) is 2. The zero-order chi connectivity index (χ0) is 13.7. The second-order valence-corrected chi connectivity index (χ2v) is 5.03. The molecule has 0 aliphatic rings. The first-order valence-corrected chi connectivity index (χ1v) is 6.60. The SMILES string of the molecule is CC(C)c1ccc(C(C#N)Cc2ccccn2)cc1. The Hall–Kier alpha value is -2.14. The lowest BCUT2D eigenvalue weighted by Crippen LogP contribution is -2.02. The Kier molecular flexibility index (Phi) is 4.30. The lowest BCUT2D eigenvalue weighted by atomic mass is 9.93. The van der Waals surface area contributed by atoms with Crippen LogP contribution in [-0.4, -0.2) is 4.98 Å². The van der Waals surface area contributed by atoms with E-state index in [4.69, 9.17) is 0 Å². The molecule has 0 N–H and O–H groups in total. The van der Waals surface area contributed by atoms with Crippen LogP contribution < -0.4 is 0 Å². The Labute approximate surface area is 114 Å². The summed E-state index contributed by atoms with van der Waals surface area (Å²) in [7, 11) is 0. The van der Waals surface area contributed by atoms with E-state index in [-0.39, 0.29) is 5.92 Å². The Morgan fingerprint density at radius 2 is 1.74 bits per heavy atom. The lowest BCUT2D eigenvalue weighted by molar-refractivity contribution is 0.815. The van der Waals surface area contributed by atoms with Crippen molar-refractivity contribution in [2.75, 3.05) is 0 Å². The monoisotopic (exact) mass is 250 g/mol. The molecule has 2 aromatic rings. The standard InChI is InChI=1S/C17H18N2/c1-13(2)14-6-8-15(9-7-14)16(12-18)11-17-5-3-4-10-19-17/h3-10,13,16H,11H2,1-2H3. The Morgan fingerprint density at radius 1 is 1.05 bits per heavy atom. The van der Waals surface area contributed by atoms with Crippen LogP contribution in [0.15, 0.2) is 48.7 Å². The third-order valence-corrected chi connectivity index (χ3v) is 3.30. The van der Waals surface area contributed by atoms with E-state index in [1.165, 1.54) is 5.56 Å². The van der Waals surface area contributed by atoms with Gasteiger partial charge in [-0.2, -0.15) is 5.26 Å². The normalized spacial score (nSPS) is 12.1. The van der Waals surface area contributed by atoms with Gasteiger partial charge < -0.3 is 0 Å². The summed E-state index contributed by atoms with van der Waals surface area (Å²) < 4.78 is 0. The predicted octanol–water partition coefficient (Wildman–Crippen LogP) is 4.05. The van der Waals surface area contributed by atoms with Gasteiger partial charge in [0.25, 0.3) is 0 Å². The molecule has 0 saturated carbocycles. The van der Waals surface area contributed by atoms with Gasteiger partial charge in [-0.25, -0.2) is 0 Å². The molecule has 0 aliphatic heterocycles. The fraction of sp³-hybridized carbons (Fsp3) is 0.294. The molecule has 0 saturated heterocycles. The van der Waals surface area contributed by atoms with Crippen LogP contribution in [0, 0.1) is 11.3 Å². The van der Waals surface area contributed by atoms with Crippen LogP contribution in [-0.2, 0) is 6.42 Å². The van der Waals surface area contributed by atoms with E-state index in [2.05, 4.69) is 49.2 Å². The molecule has 0 spiro atoms. The van der Waals surface area contributed by atoms with Crippen molar-refractivity contribution in [2.24, 2.45) is 0 Å². The Morgan fingerprint density at radius 3 is 2.26 bits per heavy atom. The Bertz CT molecular complexity index is 550. The molecule has 0 fully saturated rings. The molecule has 0 radical (unpaired) electrons. The number of nitrogens with zero attached hydrogens (tertiary/aromatic N) is 2. The van der Waals surface area contributed by atoms with Gasteiger partial charge in [-0.05, 0) is 29.2 Å². The van der Waals surface area contributed by atoms with E-state index in [0.717, 1.165) is 11.3 Å². The summed E-state index contributed by atoms with van der Waals surface area (Å²) in [5.41, 5.74) is 3.33. The summed E-state index contributed by atoms with van der Waals surface area (Å²) in [6, 6.07) is 16.5. The molecule has 0 bridgehead atoms. The zero-order valence-electron chi connectivity index (χ0n) is 11.4. The quantitative estimate of drug-likeness (QED) is 0.820. The summed E-state index contributed by atoms with van der Waals surface area (Å²) in [5, 5.41) is 9.34. The second kappa shape index (κ2) is 6.15. The first kappa shape index (κ1) is 13.3. The van der Waals surface area contributed by atoms with Crippen LogP contribution in [0.1, 0.15) is 42.5 Å². The molecule has 1 heterocycles. The molecule has 19 heavy (non-hydrogen) atoms. The van der Waals surface area contributed by atoms with Gasteiger partial charge in [-0.15, -0.1) is 0 Å². The first-order chi connectivity index (χ1) is 9.20. The minimum Gasteiger partial charge on any atom is -0.261 e. The van der Waals surface area contributed by atoms with Crippen molar-refractivity contribution in [3.05, 3.63) is 65.5 Å². The fourth-order valence-corrected chi connectivity index (χ4v) is 2.08. The van der Waals surface area contributed by atoms with Gasteiger partial charge >= 0.3 is 0 Å². The highest BCUT2D eigenvalue weighted by Crippen LogP contribution is 2.22. The number of nitriles is 1. The number of rotatable bonds is 4. The van der Waals surface area contributed by atoms with Crippen molar-refractivity contribution < 1.29 is 0 Å². The molecule has 0 aliphatic carbocycles. The third-order valence-electron chi connectivity index (χ3n) is 3.30. The average Bonchev–Trinajstić information content (AvgIpc) is 2.46. The first-order valence-electron chi connectivity index (χ1n) is 6.60. The molecule has 1 aromatic heterocycles. The van der Waals surface area contributed by atoms with Gasteiger partial charge in [0, 0.05) is 18.3 Å². The van der Waals surface area contributed by atoms with E-state index in [0.29, 0.717) is 12.3 Å². The molecule has 1 aromatic carbocycles. The Balaban J connectivity index is 2.16.